The van der Waals surface area contributed by atoms with Gasteiger partial charge in [0.05, 0.1) is 0 Å². The Kier molecular flexibility index (Phi) is 10.4. The minimum atomic E-state index is -2.47. The SMILES string of the molecule is CCC(OC)(C(=O)O)c1ccc(OP(O)Oc2ccc(C(CC)(OC)C(=O)O)cc2C(C)(C)C)c(C(C)(C)C)c1. The molecular formula is C30H43O9P. The number of methoxy groups -OCH3 is 2. The van der Waals surface area contributed by atoms with E-state index in [0.717, 1.165) is 0 Å². The molecule has 2 atom stereocenters. The van der Waals surface area contributed by atoms with Crippen molar-refractivity contribution >= 4 is 20.5 Å². The average molecular weight is 579 g/mol. The van der Waals surface area contributed by atoms with Crippen molar-refractivity contribution in [1.82, 2.24) is 0 Å². The molecule has 0 aliphatic heterocycles. The van der Waals surface area contributed by atoms with E-state index in [1.54, 1.807) is 50.2 Å². The van der Waals surface area contributed by atoms with Crippen LogP contribution in [0.2, 0.25) is 0 Å². The summed E-state index contributed by atoms with van der Waals surface area (Å²) in [6.45, 7) is 15.2. The summed E-state index contributed by atoms with van der Waals surface area (Å²) in [7, 11) is 0.263. The highest BCUT2D eigenvalue weighted by Crippen LogP contribution is 2.46. The zero-order valence-electron chi connectivity index (χ0n) is 25.1. The number of benzene rings is 2. The second kappa shape index (κ2) is 12.4. The van der Waals surface area contributed by atoms with Gasteiger partial charge in [-0.3, -0.25) is 0 Å². The van der Waals surface area contributed by atoms with Crippen molar-refractivity contribution in [3.63, 3.8) is 0 Å². The summed E-state index contributed by atoms with van der Waals surface area (Å²) < 4.78 is 22.7. The smallest absolute Gasteiger partial charge is 0.460 e. The van der Waals surface area contributed by atoms with E-state index in [0.29, 0.717) is 33.8 Å². The molecular weight excluding hydrogens is 535 g/mol. The number of carbonyl (C=O) groups is 2. The first kappa shape index (κ1) is 33.5. The minimum absolute atomic E-state index is 0.217. The van der Waals surface area contributed by atoms with Crippen LogP contribution in [0.15, 0.2) is 36.4 Å². The van der Waals surface area contributed by atoms with Crippen molar-refractivity contribution < 1.29 is 43.2 Å². The Morgan fingerprint density at radius 2 is 1.02 bits per heavy atom. The zero-order valence-corrected chi connectivity index (χ0v) is 26.0. The van der Waals surface area contributed by atoms with Gasteiger partial charge in [0.1, 0.15) is 11.5 Å². The van der Waals surface area contributed by atoms with Gasteiger partial charge in [-0.25, -0.2) is 9.59 Å². The van der Waals surface area contributed by atoms with E-state index in [4.69, 9.17) is 18.5 Å². The lowest BCUT2D eigenvalue weighted by atomic mass is 9.82. The Bertz CT molecular complexity index is 1110. The highest BCUT2D eigenvalue weighted by atomic mass is 31.2. The van der Waals surface area contributed by atoms with Crippen molar-refractivity contribution in [2.45, 2.75) is 90.3 Å². The van der Waals surface area contributed by atoms with Crippen molar-refractivity contribution in [3.8, 4) is 11.5 Å². The summed E-state index contributed by atoms with van der Waals surface area (Å²) in [4.78, 5) is 35.2. The molecule has 10 heteroatoms. The number of carboxylic acids is 2. The predicted octanol–water partition coefficient (Wildman–Crippen LogP) is 6.63. The lowest BCUT2D eigenvalue weighted by Gasteiger charge is -2.31. The van der Waals surface area contributed by atoms with Crippen LogP contribution >= 0.6 is 8.60 Å². The van der Waals surface area contributed by atoms with Crippen molar-refractivity contribution in [2.75, 3.05) is 14.2 Å². The lowest BCUT2D eigenvalue weighted by molar-refractivity contribution is -0.165. The maximum absolute atomic E-state index is 12.1. The van der Waals surface area contributed by atoms with Gasteiger partial charge in [-0.05, 0) is 59.1 Å². The molecule has 40 heavy (non-hydrogen) atoms. The molecule has 0 spiro atoms. The second-order valence-electron chi connectivity index (χ2n) is 11.7. The molecule has 3 N–H and O–H groups in total. The van der Waals surface area contributed by atoms with E-state index >= 15 is 0 Å². The Hall–Kier alpha value is -2.71. The van der Waals surface area contributed by atoms with Gasteiger partial charge in [-0.2, -0.15) is 0 Å². The molecule has 0 aliphatic rings. The molecule has 0 fully saturated rings. The molecule has 0 aromatic heterocycles. The molecule has 222 valence electrons. The van der Waals surface area contributed by atoms with Gasteiger partial charge in [-0.15, -0.1) is 0 Å². The topological polar surface area (TPSA) is 132 Å². The average Bonchev–Trinajstić information content (AvgIpc) is 2.85. The first-order valence-electron chi connectivity index (χ1n) is 13.2. The monoisotopic (exact) mass is 578 g/mol. The van der Waals surface area contributed by atoms with Crippen LogP contribution in [0.1, 0.15) is 90.5 Å². The predicted molar refractivity (Wildman–Crippen MR) is 154 cm³/mol. The maximum atomic E-state index is 12.1. The summed E-state index contributed by atoms with van der Waals surface area (Å²) in [6.07, 6.45) is 0.433. The third-order valence-electron chi connectivity index (χ3n) is 7.24. The number of aliphatic carboxylic acids is 2. The fraction of sp³-hybridized carbons (Fsp3) is 0.533. The van der Waals surface area contributed by atoms with E-state index in [2.05, 4.69) is 0 Å². The van der Waals surface area contributed by atoms with Gasteiger partial charge in [-0.1, -0.05) is 67.5 Å². The van der Waals surface area contributed by atoms with Gasteiger partial charge in [0.2, 0.25) is 0 Å². The molecule has 0 saturated carbocycles. The normalized spacial score (nSPS) is 16.0. The lowest BCUT2D eigenvalue weighted by Crippen LogP contribution is -2.37. The molecule has 2 unspecified atom stereocenters. The van der Waals surface area contributed by atoms with Crippen LogP contribution in [-0.2, 0) is 41.1 Å². The Labute approximate surface area is 238 Å². The van der Waals surface area contributed by atoms with Gasteiger partial charge < -0.3 is 33.6 Å². The van der Waals surface area contributed by atoms with Gasteiger partial charge in [0, 0.05) is 25.3 Å². The standard InChI is InChI=1S/C30H43O9P/c1-11-29(36-9,25(31)32)19-13-15-23(21(17-19)27(3,4)5)38-40(35)39-24-16-14-20(18-22(24)28(6,7)8)30(12-2,37-10)26(33)34/h13-18,35H,11-12H2,1-10H3,(H,31,32)(H,33,34). The van der Waals surface area contributed by atoms with Gasteiger partial charge >= 0.3 is 20.5 Å². The largest absolute Gasteiger partial charge is 0.479 e. The quantitative estimate of drug-likeness (QED) is 0.237. The number of ether oxygens (including phenoxy) is 2. The Balaban J connectivity index is 2.52. The molecule has 2 aromatic rings. The van der Waals surface area contributed by atoms with Crippen LogP contribution in [0.3, 0.4) is 0 Å². The zero-order chi connectivity index (χ0) is 30.7. The molecule has 0 amide bonds. The number of hydrogen-bond acceptors (Lipinski definition) is 7. The number of rotatable bonds is 12. The highest BCUT2D eigenvalue weighted by molar-refractivity contribution is 7.41. The Morgan fingerprint density at radius 3 is 1.25 bits per heavy atom. The van der Waals surface area contributed by atoms with E-state index in [1.165, 1.54) is 14.2 Å². The van der Waals surface area contributed by atoms with Crippen molar-refractivity contribution in [2.24, 2.45) is 0 Å². The minimum Gasteiger partial charge on any atom is -0.479 e. The molecule has 0 aliphatic carbocycles. The first-order valence-corrected chi connectivity index (χ1v) is 14.3. The van der Waals surface area contributed by atoms with Crippen molar-refractivity contribution in [3.05, 3.63) is 58.7 Å². The summed E-state index contributed by atoms with van der Waals surface area (Å²) in [6, 6.07) is 9.93. The molecule has 0 bridgehead atoms. The van der Waals surface area contributed by atoms with E-state index in [1.807, 2.05) is 41.5 Å². The van der Waals surface area contributed by atoms with Crippen LogP contribution < -0.4 is 9.05 Å². The van der Waals surface area contributed by atoms with Gasteiger partial charge in [0.25, 0.3) is 0 Å². The molecule has 2 rings (SSSR count). The van der Waals surface area contributed by atoms with Crippen LogP contribution in [0.4, 0.5) is 0 Å². The van der Waals surface area contributed by atoms with E-state index < -0.39 is 42.6 Å². The van der Waals surface area contributed by atoms with Crippen LogP contribution in [-0.4, -0.2) is 41.3 Å². The first-order chi connectivity index (χ1) is 18.4. The van der Waals surface area contributed by atoms with Crippen LogP contribution in [0.5, 0.6) is 11.5 Å². The summed E-state index contributed by atoms with van der Waals surface area (Å²) in [5.41, 5.74) is -1.70. The molecule has 2 aromatic carbocycles. The third kappa shape index (κ3) is 6.60. The summed E-state index contributed by atoms with van der Waals surface area (Å²) in [5.74, 6) is -1.50. The number of carboxylic acid groups (broad SMARTS) is 2. The van der Waals surface area contributed by atoms with Crippen LogP contribution in [0.25, 0.3) is 0 Å². The van der Waals surface area contributed by atoms with E-state index in [-0.39, 0.29) is 12.8 Å². The molecule has 9 nitrogen and oxygen atoms in total. The second-order valence-corrected chi connectivity index (χ2v) is 12.6. The van der Waals surface area contributed by atoms with Gasteiger partial charge in [0.15, 0.2) is 11.2 Å². The van der Waals surface area contributed by atoms with Crippen molar-refractivity contribution in [1.29, 1.82) is 0 Å². The maximum Gasteiger partial charge on any atom is 0.460 e. The fourth-order valence-corrected chi connectivity index (χ4v) is 5.43. The Morgan fingerprint density at radius 1 is 0.700 bits per heavy atom. The van der Waals surface area contributed by atoms with E-state index in [9.17, 15) is 24.7 Å². The molecule has 0 radical (unpaired) electrons. The highest BCUT2D eigenvalue weighted by Gasteiger charge is 2.41. The molecule has 0 heterocycles. The summed E-state index contributed by atoms with van der Waals surface area (Å²) >= 11 is 0. The van der Waals surface area contributed by atoms with Crippen LogP contribution in [0, 0.1) is 0 Å². The summed E-state index contributed by atoms with van der Waals surface area (Å²) in [5, 5.41) is 19.8. The molecule has 0 saturated heterocycles. The third-order valence-corrected chi connectivity index (χ3v) is 7.95. The fourth-order valence-electron chi connectivity index (χ4n) is 4.74. The number of hydrogen-bond donors (Lipinski definition) is 3.